The zero-order chi connectivity index (χ0) is 22.1. The Labute approximate surface area is 187 Å². The molecule has 1 unspecified atom stereocenters. The zero-order valence-electron chi connectivity index (χ0n) is 18.0. The molecule has 0 saturated carbocycles. The lowest BCUT2D eigenvalue weighted by Gasteiger charge is -2.29. The third-order valence-electron chi connectivity index (χ3n) is 6.71. The number of likely N-dealkylation sites (tertiary alicyclic amines) is 1. The van der Waals surface area contributed by atoms with Crippen LogP contribution < -0.4 is 10.1 Å². The van der Waals surface area contributed by atoms with Crippen LogP contribution in [0.5, 0.6) is 5.75 Å². The normalized spacial score (nSPS) is 23.4. The number of amides is 3. The fourth-order valence-corrected chi connectivity index (χ4v) is 4.97. The molecule has 3 amide bonds. The molecule has 3 aliphatic heterocycles. The van der Waals surface area contributed by atoms with E-state index in [1.54, 1.807) is 11.0 Å². The summed E-state index contributed by atoms with van der Waals surface area (Å²) in [5, 5.41) is 2.33. The van der Waals surface area contributed by atoms with Gasteiger partial charge >= 0.3 is 0 Å². The van der Waals surface area contributed by atoms with Crippen LogP contribution in [-0.2, 0) is 16.1 Å². The standard InChI is InChI=1S/C25H27N3O4/c29-23-9-8-22(24(30)26-23)28-16-19-14-20(6-7-21(19)25(28)31)32-13-12-27-11-10-18(15-27)17-4-2-1-3-5-17/h1-7,14,18,22H,8-13,15-16H2,(H,26,29,30)/t18-,22?/m1/s1. The van der Waals surface area contributed by atoms with E-state index in [0.29, 0.717) is 31.1 Å². The van der Waals surface area contributed by atoms with E-state index in [1.165, 1.54) is 12.0 Å². The van der Waals surface area contributed by atoms with Crippen LogP contribution in [0, 0.1) is 0 Å². The Bertz CT molecular complexity index is 1040. The molecule has 0 aromatic heterocycles. The van der Waals surface area contributed by atoms with Crippen LogP contribution >= 0.6 is 0 Å². The van der Waals surface area contributed by atoms with Gasteiger partial charge in [-0.15, -0.1) is 0 Å². The minimum atomic E-state index is -0.593. The van der Waals surface area contributed by atoms with E-state index in [4.69, 9.17) is 4.74 Å². The second-order valence-corrected chi connectivity index (χ2v) is 8.76. The molecular formula is C25H27N3O4. The molecule has 2 atom stereocenters. The van der Waals surface area contributed by atoms with Crippen LogP contribution in [0.2, 0.25) is 0 Å². The Morgan fingerprint density at radius 1 is 1.03 bits per heavy atom. The monoisotopic (exact) mass is 433 g/mol. The number of ether oxygens (including phenoxy) is 1. The van der Waals surface area contributed by atoms with Crippen molar-refractivity contribution < 1.29 is 19.1 Å². The van der Waals surface area contributed by atoms with E-state index in [1.807, 2.05) is 12.1 Å². The molecule has 0 spiro atoms. The summed E-state index contributed by atoms with van der Waals surface area (Å²) in [6.45, 7) is 3.94. The molecule has 0 radical (unpaired) electrons. The highest BCUT2D eigenvalue weighted by Gasteiger charge is 2.39. The Hall–Kier alpha value is -3.19. The molecule has 5 rings (SSSR count). The number of piperidine rings is 1. The first-order valence-electron chi connectivity index (χ1n) is 11.3. The quantitative estimate of drug-likeness (QED) is 0.708. The molecule has 0 bridgehead atoms. The molecule has 3 heterocycles. The maximum Gasteiger partial charge on any atom is 0.255 e. The third kappa shape index (κ3) is 4.12. The van der Waals surface area contributed by atoms with Crippen molar-refractivity contribution in [1.82, 2.24) is 15.1 Å². The van der Waals surface area contributed by atoms with Gasteiger partial charge in [-0.2, -0.15) is 0 Å². The van der Waals surface area contributed by atoms with Crippen LogP contribution in [0.25, 0.3) is 0 Å². The van der Waals surface area contributed by atoms with E-state index in [9.17, 15) is 14.4 Å². The Morgan fingerprint density at radius 3 is 2.69 bits per heavy atom. The van der Waals surface area contributed by atoms with Crippen LogP contribution in [0.4, 0.5) is 0 Å². The van der Waals surface area contributed by atoms with Gasteiger partial charge in [0.25, 0.3) is 5.91 Å². The van der Waals surface area contributed by atoms with Crippen molar-refractivity contribution in [2.75, 3.05) is 26.2 Å². The molecule has 166 valence electrons. The van der Waals surface area contributed by atoms with Crippen molar-refractivity contribution in [3.63, 3.8) is 0 Å². The number of nitrogens with one attached hydrogen (secondary N) is 1. The molecule has 2 saturated heterocycles. The first-order valence-corrected chi connectivity index (χ1v) is 11.3. The molecule has 2 aromatic carbocycles. The minimum absolute atomic E-state index is 0.162. The highest BCUT2D eigenvalue weighted by molar-refractivity contribution is 6.05. The zero-order valence-corrected chi connectivity index (χ0v) is 18.0. The molecule has 2 aromatic rings. The highest BCUT2D eigenvalue weighted by atomic mass is 16.5. The summed E-state index contributed by atoms with van der Waals surface area (Å²) in [6, 6.07) is 15.6. The van der Waals surface area contributed by atoms with Gasteiger partial charge in [0, 0.05) is 31.6 Å². The average Bonchev–Trinajstić information content (AvgIpc) is 3.39. The van der Waals surface area contributed by atoms with E-state index < -0.39 is 11.9 Å². The van der Waals surface area contributed by atoms with Gasteiger partial charge in [0.1, 0.15) is 18.4 Å². The number of fused-ring (bicyclic) bond motifs is 1. The predicted octanol–water partition coefficient (Wildman–Crippen LogP) is 2.32. The van der Waals surface area contributed by atoms with Gasteiger partial charge in [-0.05, 0) is 54.6 Å². The molecule has 32 heavy (non-hydrogen) atoms. The molecule has 7 nitrogen and oxygen atoms in total. The first-order chi connectivity index (χ1) is 15.6. The number of nitrogens with zero attached hydrogens (tertiary/aromatic N) is 2. The molecular weight excluding hydrogens is 406 g/mol. The fraction of sp³-hybridized carbons (Fsp3) is 0.400. The molecule has 1 N–H and O–H groups in total. The van der Waals surface area contributed by atoms with Gasteiger partial charge in [0.05, 0.1) is 0 Å². The van der Waals surface area contributed by atoms with Crippen molar-refractivity contribution >= 4 is 17.7 Å². The Morgan fingerprint density at radius 2 is 1.88 bits per heavy atom. The van der Waals surface area contributed by atoms with Gasteiger partial charge < -0.3 is 9.64 Å². The van der Waals surface area contributed by atoms with Gasteiger partial charge in [-0.25, -0.2) is 0 Å². The Kier molecular flexibility index (Phi) is 5.66. The topological polar surface area (TPSA) is 79.0 Å². The fourth-order valence-electron chi connectivity index (χ4n) is 4.97. The number of carbonyl (C=O) groups is 3. The lowest BCUT2D eigenvalue weighted by atomic mass is 9.99. The maximum absolute atomic E-state index is 12.8. The van der Waals surface area contributed by atoms with E-state index in [0.717, 1.165) is 30.9 Å². The number of hydrogen-bond donors (Lipinski definition) is 1. The first kappa shape index (κ1) is 20.7. The van der Waals surface area contributed by atoms with Crippen LogP contribution in [-0.4, -0.2) is 59.8 Å². The van der Waals surface area contributed by atoms with Gasteiger partial charge in [-0.1, -0.05) is 30.3 Å². The smallest absolute Gasteiger partial charge is 0.255 e. The van der Waals surface area contributed by atoms with E-state index >= 15 is 0 Å². The lowest BCUT2D eigenvalue weighted by Crippen LogP contribution is -2.52. The van der Waals surface area contributed by atoms with Gasteiger partial charge in [0.15, 0.2) is 0 Å². The second-order valence-electron chi connectivity index (χ2n) is 8.76. The minimum Gasteiger partial charge on any atom is -0.492 e. The summed E-state index contributed by atoms with van der Waals surface area (Å²) in [6.07, 6.45) is 1.79. The second kappa shape index (κ2) is 8.74. The van der Waals surface area contributed by atoms with Crippen molar-refractivity contribution in [3.8, 4) is 5.75 Å². The van der Waals surface area contributed by atoms with Gasteiger partial charge in [0.2, 0.25) is 11.8 Å². The largest absolute Gasteiger partial charge is 0.492 e. The van der Waals surface area contributed by atoms with Crippen molar-refractivity contribution in [3.05, 3.63) is 65.2 Å². The summed E-state index contributed by atoms with van der Waals surface area (Å²) < 4.78 is 5.99. The summed E-state index contributed by atoms with van der Waals surface area (Å²) >= 11 is 0. The van der Waals surface area contributed by atoms with Crippen molar-refractivity contribution in [1.29, 1.82) is 0 Å². The van der Waals surface area contributed by atoms with Crippen molar-refractivity contribution in [2.45, 2.75) is 37.8 Å². The maximum atomic E-state index is 12.8. The number of rotatable bonds is 6. The summed E-state index contributed by atoms with van der Waals surface area (Å²) in [5.41, 5.74) is 2.87. The molecule has 2 fully saturated rings. The Balaban J connectivity index is 1.15. The third-order valence-corrected chi connectivity index (χ3v) is 6.71. The lowest BCUT2D eigenvalue weighted by molar-refractivity contribution is -0.136. The summed E-state index contributed by atoms with van der Waals surface area (Å²) in [4.78, 5) is 40.4. The summed E-state index contributed by atoms with van der Waals surface area (Å²) in [7, 11) is 0. The summed E-state index contributed by atoms with van der Waals surface area (Å²) in [5.74, 6) is 0.489. The molecule has 0 aliphatic carbocycles. The number of carbonyl (C=O) groups excluding carboxylic acids is 3. The highest BCUT2D eigenvalue weighted by Crippen LogP contribution is 2.30. The number of imide groups is 1. The van der Waals surface area contributed by atoms with Crippen LogP contribution in [0.1, 0.15) is 46.7 Å². The number of benzene rings is 2. The van der Waals surface area contributed by atoms with E-state index in [2.05, 4.69) is 40.5 Å². The molecule has 7 heteroatoms. The van der Waals surface area contributed by atoms with Crippen LogP contribution in [0.3, 0.4) is 0 Å². The SMILES string of the molecule is O=C1CCC(N2Cc3cc(OCCN4CC[C@@H](c5ccccc5)C4)ccc3C2=O)C(=O)N1. The van der Waals surface area contributed by atoms with Crippen LogP contribution in [0.15, 0.2) is 48.5 Å². The van der Waals surface area contributed by atoms with Gasteiger partial charge in [-0.3, -0.25) is 24.6 Å². The van der Waals surface area contributed by atoms with E-state index in [-0.39, 0.29) is 18.2 Å². The van der Waals surface area contributed by atoms with Crippen molar-refractivity contribution in [2.24, 2.45) is 0 Å². The average molecular weight is 434 g/mol. The predicted molar refractivity (Wildman–Crippen MR) is 118 cm³/mol. The molecule has 3 aliphatic rings. The number of hydrogen-bond acceptors (Lipinski definition) is 5.